The smallest absolute Gasteiger partial charge is 0.504 e. The number of phenols is 1. The van der Waals surface area contributed by atoms with Gasteiger partial charge in [0, 0.05) is 22.5 Å². The van der Waals surface area contributed by atoms with Gasteiger partial charge in [0.1, 0.15) is 6.61 Å². The number of phenolic OH excluding ortho intramolecular Hbond substituents is 1. The minimum Gasteiger partial charge on any atom is -0.504 e. The molecule has 0 amide bonds. The van der Waals surface area contributed by atoms with Crippen molar-refractivity contribution in [3.63, 3.8) is 0 Å². The maximum absolute atomic E-state index is 12.3. The zero-order chi connectivity index (χ0) is 23.6. The van der Waals surface area contributed by atoms with Gasteiger partial charge in [0.15, 0.2) is 11.5 Å². The van der Waals surface area contributed by atoms with Gasteiger partial charge in [-0.25, -0.2) is 9.79 Å². The first-order valence-corrected chi connectivity index (χ1v) is 10.7. The predicted molar refractivity (Wildman–Crippen MR) is 122 cm³/mol. The molecule has 4 rings (SSSR count). The highest BCUT2D eigenvalue weighted by Gasteiger charge is 2.51. The number of allylic oxidation sites excluding steroid dienone is 2. The van der Waals surface area contributed by atoms with Gasteiger partial charge in [-0.05, 0) is 56.0 Å². The number of carbonyl (C=O) groups is 1. The molecule has 2 aliphatic carbocycles. The molecule has 1 fully saturated rings. The molecule has 1 saturated carbocycles. The first-order chi connectivity index (χ1) is 15.9. The van der Waals surface area contributed by atoms with Crippen molar-refractivity contribution < 1.29 is 24.1 Å². The zero-order valence-corrected chi connectivity index (χ0v) is 18.8. The molecule has 0 spiro atoms. The SMILES string of the molecule is CC=C1[C@@H]2C=C(C)CC1(N=[N+]=[N-])C1C=CC(OC(=O)OCc3ccc(O)c(OC)c3)N=C1C2. The Bertz CT molecular complexity index is 1130. The van der Waals surface area contributed by atoms with Gasteiger partial charge in [0.25, 0.3) is 0 Å². The molecule has 1 aromatic rings. The number of azide groups is 1. The van der Waals surface area contributed by atoms with Crippen LogP contribution in [0.5, 0.6) is 11.5 Å². The van der Waals surface area contributed by atoms with E-state index < -0.39 is 17.9 Å². The summed E-state index contributed by atoms with van der Waals surface area (Å²) in [6, 6.07) is 4.67. The number of benzene rings is 1. The lowest BCUT2D eigenvalue weighted by molar-refractivity contribution is 0.0337. The fraction of sp³-hybridized carbons (Fsp3) is 0.417. The number of hydrogen-bond donors (Lipinski definition) is 1. The second kappa shape index (κ2) is 9.03. The number of rotatable bonds is 5. The summed E-state index contributed by atoms with van der Waals surface area (Å²) in [5, 5.41) is 13.9. The summed E-state index contributed by atoms with van der Waals surface area (Å²) in [6.07, 6.45) is 7.53. The first-order valence-electron chi connectivity index (χ1n) is 10.7. The Morgan fingerprint density at radius 3 is 2.97 bits per heavy atom. The van der Waals surface area contributed by atoms with Crippen molar-refractivity contribution in [2.75, 3.05) is 7.11 Å². The summed E-state index contributed by atoms with van der Waals surface area (Å²) in [7, 11) is 1.44. The fourth-order valence-electron chi connectivity index (χ4n) is 5.09. The molecule has 33 heavy (non-hydrogen) atoms. The van der Waals surface area contributed by atoms with E-state index >= 15 is 0 Å². The lowest BCUT2D eigenvalue weighted by Gasteiger charge is -2.49. The van der Waals surface area contributed by atoms with Crippen molar-refractivity contribution in [2.45, 2.75) is 45.1 Å². The largest absolute Gasteiger partial charge is 0.510 e. The topological polar surface area (TPSA) is 126 Å². The van der Waals surface area contributed by atoms with E-state index in [2.05, 4.69) is 28.0 Å². The van der Waals surface area contributed by atoms with Crippen LogP contribution < -0.4 is 4.74 Å². The van der Waals surface area contributed by atoms with Crippen LogP contribution in [0.3, 0.4) is 0 Å². The average molecular weight is 450 g/mol. The summed E-state index contributed by atoms with van der Waals surface area (Å²) in [4.78, 5) is 20.1. The van der Waals surface area contributed by atoms with Crippen LogP contribution in [0.1, 0.15) is 32.3 Å². The number of methoxy groups -OCH3 is 1. The minimum absolute atomic E-state index is 0.00316. The minimum atomic E-state index is -0.856. The van der Waals surface area contributed by atoms with Gasteiger partial charge in [0.05, 0.1) is 12.6 Å². The Morgan fingerprint density at radius 2 is 2.24 bits per heavy atom. The van der Waals surface area contributed by atoms with E-state index in [-0.39, 0.29) is 24.2 Å². The van der Waals surface area contributed by atoms with E-state index in [0.29, 0.717) is 24.2 Å². The summed E-state index contributed by atoms with van der Waals surface area (Å²) in [5.74, 6) is 0.217. The highest BCUT2D eigenvalue weighted by atomic mass is 16.7. The van der Waals surface area contributed by atoms with E-state index in [9.17, 15) is 15.4 Å². The molecule has 1 N–H and O–H groups in total. The molecule has 3 unspecified atom stereocenters. The summed E-state index contributed by atoms with van der Waals surface area (Å²) >= 11 is 0. The van der Waals surface area contributed by atoms with E-state index in [1.54, 1.807) is 18.2 Å². The number of aromatic hydroxyl groups is 1. The van der Waals surface area contributed by atoms with Crippen LogP contribution in [0.15, 0.2) is 63.8 Å². The molecule has 4 atom stereocenters. The molecular formula is C24H26N4O5. The number of aliphatic imine (C=N–C) groups is 1. The predicted octanol–water partition coefficient (Wildman–Crippen LogP) is 5.37. The number of nitrogens with zero attached hydrogens (tertiary/aromatic N) is 4. The van der Waals surface area contributed by atoms with Crippen LogP contribution in [0.4, 0.5) is 4.79 Å². The number of ether oxygens (including phenoxy) is 3. The molecule has 0 aromatic heterocycles. The molecule has 3 aliphatic rings. The molecule has 1 heterocycles. The summed E-state index contributed by atoms with van der Waals surface area (Å²) in [5.41, 5.74) is 12.4. The third kappa shape index (κ3) is 4.19. The number of fused-ring (bicyclic) bond motifs is 4. The summed E-state index contributed by atoms with van der Waals surface area (Å²) in [6.45, 7) is 3.99. The van der Waals surface area contributed by atoms with Crippen molar-refractivity contribution in [2.24, 2.45) is 21.9 Å². The Hall–Kier alpha value is -3.71. The van der Waals surface area contributed by atoms with Crippen LogP contribution in [0.25, 0.3) is 10.4 Å². The molecule has 0 radical (unpaired) electrons. The zero-order valence-electron chi connectivity index (χ0n) is 18.8. The maximum atomic E-state index is 12.3. The standard InChI is InChI=1S/C24H26N4O5/c1-4-17-16-9-14(2)12-24(17,27-28-25)18-6-8-22(26-19(18)11-16)33-23(30)32-13-15-5-7-20(29)21(10-15)31-3/h4-10,16,18,22,29H,11-13H2,1-3H3/t16-,18?,22?,24?/m1/s1. The lowest BCUT2D eigenvalue weighted by Crippen LogP contribution is -2.51. The van der Waals surface area contributed by atoms with Gasteiger partial charge >= 0.3 is 6.16 Å². The molecule has 2 bridgehead atoms. The van der Waals surface area contributed by atoms with Crippen molar-refractivity contribution in [1.29, 1.82) is 0 Å². The van der Waals surface area contributed by atoms with Crippen molar-refractivity contribution in [3.8, 4) is 11.5 Å². The first kappa shape index (κ1) is 22.5. The Labute approximate surface area is 191 Å². The van der Waals surface area contributed by atoms with E-state index in [4.69, 9.17) is 14.2 Å². The third-order valence-corrected chi connectivity index (χ3v) is 6.35. The van der Waals surface area contributed by atoms with Gasteiger partial charge in [-0.1, -0.05) is 40.6 Å². The molecule has 9 nitrogen and oxygen atoms in total. The average Bonchev–Trinajstić information content (AvgIpc) is 2.78. The normalized spacial score (nSPS) is 28.7. The Kier molecular flexibility index (Phi) is 6.16. The fourth-order valence-corrected chi connectivity index (χ4v) is 5.09. The highest BCUT2D eigenvalue weighted by molar-refractivity contribution is 5.94. The maximum Gasteiger partial charge on any atom is 0.510 e. The van der Waals surface area contributed by atoms with Crippen LogP contribution in [-0.4, -0.2) is 35.9 Å². The van der Waals surface area contributed by atoms with Gasteiger partial charge in [0.2, 0.25) is 6.23 Å². The molecule has 0 saturated heterocycles. The van der Waals surface area contributed by atoms with E-state index in [1.165, 1.54) is 18.7 Å². The molecular weight excluding hydrogens is 424 g/mol. The van der Waals surface area contributed by atoms with Crippen LogP contribution in [0.2, 0.25) is 0 Å². The Balaban J connectivity index is 1.47. The molecule has 172 valence electrons. The number of dihydropyridines is 1. The molecule has 1 aromatic carbocycles. The van der Waals surface area contributed by atoms with Crippen LogP contribution >= 0.6 is 0 Å². The van der Waals surface area contributed by atoms with Gasteiger partial charge in [-0.15, -0.1) is 0 Å². The lowest BCUT2D eigenvalue weighted by atomic mass is 9.58. The highest BCUT2D eigenvalue weighted by Crippen LogP contribution is 2.52. The van der Waals surface area contributed by atoms with Crippen molar-refractivity contribution >= 4 is 11.9 Å². The van der Waals surface area contributed by atoms with E-state index in [0.717, 1.165) is 11.3 Å². The van der Waals surface area contributed by atoms with Crippen LogP contribution in [0, 0.1) is 11.8 Å². The molecule has 1 aliphatic heterocycles. The van der Waals surface area contributed by atoms with Gasteiger partial charge < -0.3 is 19.3 Å². The third-order valence-electron chi connectivity index (χ3n) is 6.35. The van der Waals surface area contributed by atoms with Crippen molar-refractivity contribution in [1.82, 2.24) is 0 Å². The monoisotopic (exact) mass is 450 g/mol. The van der Waals surface area contributed by atoms with Gasteiger partial charge in [-0.3, -0.25) is 0 Å². The second-order valence-corrected chi connectivity index (χ2v) is 8.39. The van der Waals surface area contributed by atoms with Gasteiger partial charge in [-0.2, -0.15) is 0 Å². The number of hydrogen-bond acceptors (Lipinski definition) is 7. The Morgan fingerprint density at radius 1 is 1.42 bits per heavy atom. The molecule has 9 heteroatoms. The van der Waals surface area contributed by atoms with Crippen LogP contribution in [-0.2, 0) is 16.1 Å². The van der Waals surface area contributed by atoms with Crippen molar-refractivity contribution in [3.05, 3.63) is 69.7 Å². The number of carbonyl (C=O) groups excluding carboxylic acids is 1. The second-order valence-electron chi connectivity index (χ2n) is 8.39. The summed E-state index contributed by atoms with van der Waals surface area (Å²) < 4.78 is 15.6. The van der Waals surface area contributed by atoms with E-state index in [1.807, 2.05) is 19.1 Å². The quantitative estimate of drug-likeness (QED) is 0.212.